The lowest BCUT2D eigenvalue weighted by Crippen LogP contribution is -2.26. The molecule has 3 rings (SSSR count). The first kappa shape index (κ1) is 18.9. The molecule has 0 radical (unpaired) electrons. The van der Waals surface area contributed by atoms with Crippen molar-refractivity contribution < 1.29 is 9.90 Å². The molecule has 0 aliphatic rings. The molecule has 0 bridgehead atoms. The van der Waals surface area contributed by atoms with E-state index < -0.39 is 6.10 Å². The maximum Gasteiger partial charge on any atom is 0.253 e. The van der Waals surface area contributed by atoms with Crippen LogP contribution in [0.2, 0.25) is 0 Å². The number of aromatic nitrogens is 2. The Kier molecular flexibility index (Phi) is 6.04. The van der Waals surface area contributed by atoms with Gasteiger partial charge in [-0.2, -0.15) is 5.10 Å². The van der Waals surface area contributed by atoms with Crippen LogP contribution >= 0.6 is 0 Å². The van der Waals surface area contributed by atoms with Gasteiger partial charge in [0.15, 0.2) is 0 Å². The second kappa shape index (κ2) is 8.64. The van der Waals surface area contributed by atoms with Crippen LogP contribution in [0.3, 0.4) is 0 Å². The van der Waals surface area contributed by atoms with Gasteiger partial charge in [-0.15, -0.1) is 0 Å². The minimum atomic E-state index is -0.408. The SMILES string of the molecule is CCC[C@@H](O)c1ccc(-c2ccc(C(=O)N(C)Cc3ccn[nH]3)cc2)cc1. The summed E-state index contributed by atoms with van der Waals surface area (Å²) in [6.07, 6.45) is 2.99. The van der Waals surface area contributed by atoms with Gasteiger partial charge in [0.25, 0.3) is 5.91 Å². The maximum absolute atomic E-state index is 12.6. The molecule has 1 amide bonds. The summed E-state index contributed by atoms with van der Waals surface area (Å²) in [5, 5.41) is 16.8. The Bertz CT molecular complexity index is 856. The number of carbonyl (C=O) groups excluding carboxylic acids is 1. The molecule has 1 aromatic heterocycles. The number of carbonyl (C=O) groups is 1. The summed E-state index contributed by atoms with van der Waals surface area (Å²) in [7, 11) is 1.78. The van der Waals surface area contributed by atoms with Crippen LogP contribution < -0.4 is 0 Å². The highest BCUT2D eigenvalue weighted by molar-refractivity contribution is 5.94. The van der Waals surface area contributed by atoms with Gasteiger partial charge < -0.3 is 10.0 Å². The Morgan fingerprint density at radius 3 is 2.26 bits per heavy atom. The van der Waals surface area contributed by atoms with Crippen molar-refractivity contribution >= 4 is 5.91 Å². The van der Waals surface area contributed by atoms with Gasteiger partial charge in [0, 0.05) is 18.8 Å². The third-order valence-corrected chi connectivity index (χ3v) is 4.64. The highest BCUT2D eigenvalue weighted by Crippen LogP contribution is 2.24. The van der Waals surface area contributed by atoms with Crippen LogP contribution in [0.4, 0.5) is 0 Å². The van der Waals surface area contributed by atoms with Crippen LogP contribution in [0.25, 0.3) is 11.1 Å². The third-order valence-electron chi connectivity index (χ3n) is 4.64. The lowest BCUT2D eigenvalue weighted by atomic mass is 9.99. The van der Waals surface area contributed by atoms with Crippen molar-refractivity contribution in [3.63, 3.8) is 0 Å². The van der Waals surface area contributed by atoms with Crippen molar-refractivity contribution in [3.8, 4) is 11.1 Å². The van der Waals surface area contributed by atoms with Gasteiger partial charge in [-0.1, -0.05) is 49.7 Å². The van der Waals surface area contributed by atoms with E-state index in [4.69, 9.17) is 0 Å². The molecule has 0 fully saturated rings. The Balaban J connectivity index is 1.68. The Labute approximate surface area is 159 Å². The first-order valence-corrected chi connectivity index (χ1v) is 9.20. The number of aliphatic hydroxyl groups excluding tert-OH is 1. The lowest BCUT2D eigenvalue weighted by molar-refractivity contribution is 0.0783. The Morgan fingerprint density at radius 1 is 1.07 bits per heavy atom. The van der Waals surface area contributed by atoms with Crippen molar-refractivity contribution in [2.75, 3.05) is 7.05 Å². The summed E-state index contributed by atoms with van der Waals surface area (Å²) in [4.78, 5) is 14.2. The fourth-order valence-electron chi connectivity index (χ4n) is 3.06. The molecule has 0 saturated heterocycles. The molecule has 0 aliphatic heterocycles. The quantitative estimate of drug-likeness (QED) is 0.661. The van der Waals surface area contributed by atoms with E-state index in [1.54, 1.807) is 18.1 Å². The summed E-state index contributed by atoms with van der Waals surface area (Å²) in [5.74, 6) is -0.0332. The van der Waals surface area contributed by atoms with Gasteiger partial charge in [-0.05, 0) is 41.3 Å². The maximum atomic E-state index is 12.6. The Hall–Kier alpha value is -2.92. The zero-order valence-electron chi connectivity index (χ0n) is 15.7. The number of rotatable bonds is 7. The minimum Gasteiger partial charge on any atom is -0.388 e. The molecule has 1 heterocycles. The summed E-state index contributed by atoms with van der Waals surface area (Å²) in [6.45, 7) is 2.55. The van der Waals surface area contributed by atoms with Gasteiger partial charge >= 0.3 is 0 Å². The average Bonchev–Trinajstić information content (AvgIpc) is 3.21. The molecule has 2 N–H and O–H groups in total. The second-order valence-corrected chi connectivity index (χ2v) is 6.75. The molecule has 0 saturated carbocycles. The number of amides is 1. The Morgan fingerprint density at radius 2 is 1.70 bits per heavy atom. The highest BCUT2D eigenvalue weighted by Gasteiger charge is 2.13. The predicted molar refractivity (Wildman–Crippen MR) is 106 cm³/mol. The number of hydrogen-bond acceptors (Lipinski definition) is 3. The third kappa shape index (κ3) is 4.63. The van der Waals surface area contributed by atoms with Gasteiger partial charge in [-0.25, -0.2) is 0 Å². The molecular weight excluding hydrogens is 338 g/mol. The van der Waals surface area contributed by atoms with Gasteiger partial charge in [-0.3, -0.25) is 9.89 Å². The zero-order chi connectivity index (χ0) is 19.2. The van der Waals surface area contributed by atoms with Crippen molar-refractivity contribution in [1.29, 1.82) is 0 Å². The molecular formula is C22H25N3O2. The largest absolute Gasteiger partial charge is 0.388 e. The van der Waals surface area contributed by atoms with Crippen LogP contribution in [0.15, 0.2) is 60.8 Å². The zero-order valence-corrected chi connectivity index (χ0v) is 15.7. The van der Waals surface area contributed by atoms with Crippen LogP contribution in [0, 0.1) is 0 Å². The average molecular weight is 363 g/mol. The molecule has 0 spiro atoms. The van der Waals surface area contributed by atoms with E-state index in [1.165, 1.54) is 0 Å². The van der Waals surface area contributed by atoms with Crippen LogP contribution in [0.5, 0.6) is 0 Å². The molecule has 27 heavy (non-hydrogen) atoms. The second-order valence-electron chi connectivity index (χ2n) is 6.75. The lowest BCUT2D eigenvalue weighted by Gasteiger charge is -2.16. The number of nitrogens with zero attached hydrogens (tertiary/aromatic N) is 2. The highest BCUT2D eigenvalue weighted by atomic mass is 16.3. The molecule has 0 unspecified atom stereocenters. The molecule has 5 heteroatoms. The van der Waals surface area contributed by atoms with E-state index in [-0.39, 0.29) is 5.91 Å². The van der Waals surface area contributed by atoms with E-state index in [2.05, 4.69) is 17.1 Å². The molecule has 0 aliphatic carbocycles. The summed E-state index contributed by atoms with van der Waals surface area (Å²) < 4.78 is 0. The molecule has 3 aromatic rings. The fourth-order valence-corrected chi connectivity index (χ4v) is 3.06. The number of aliphatic hydroxyl groups is 1. The van der Waals surface area contributed by atoms with E-state index in [0.717, 1.165) is 35.2 Å². The smallest absolute Gasteiger partial charge is 0.253 e. The number of benzene rings is 2. The standard InChI is InChI=1S/C22H25N3O2/c1-3-4-21(26)18-9-5-16(6-10-18)17-7-11-19(12-8-17)22(27)25(2)15-20-13-14-23-24-20/h5-14,21,26H,3-4,15H2,1-2H3,(H,23,24)/t21-/m1/s1. The number of hydrogen-bond donors (Lipinski definition) is 2. The van der Waals surface area contributed by atoms with Crippen LogP contribution in [-0.2, 0) is 6.54 Å². The molecule has 5 nitrogen and oxygen atoms in total. The first-order valence-electron chi connectivity index (χ1n) is 9.20. The van der Waals surface area contributed by atoms with Gasteiger partial charge in [0.2, 0.25) is 0 Å². The molecule has 140 valence electrons. The van der Waals surface area contributed by atoms with Gasteiger partial charge in [0.05, 0.1) is 18.3 Å². The van der Waals surface area contributed by atoms with Crippen molar-refractivity contribution in [1.82, 2.24) is 15.1 Å². The van der Waals surface area contributed by atoms with Crippen LogP contribution in [0.1, 0.15) is 47.5 Å². The fraction of sp³-hybridized carbons (Fsp3) is 0.273. The summed E-state index contributed by atoms with van der Waals surface area (Å²) in [5.41, 5.74) is 4.59. The number of nitrogens with one attached hydrogen (secondary N) is 1. The van der Waals surface area contributed by atoms with Crippen molar-refractivity contribution in [2.45, 2.75) is 32.4 Å². The summed E-state index contributed by atoms with van der Waals surface area (Å²) >= 11 is 0. The predicted octanol–water partition coefficient (Wildman–Crippen LogP) is 4.18. The normalized spacial score (nSPS) is 12.0. The van der Waals surface area contributed by atoms with E-state index in [0.29, 0.717) is 12.1 Å². The van der Waals surface area contributed by atoms with Gasteiger partial charge in [0.1, 0.15) is 0 Å². The topological polar surface area (TPSA) is 69.2 Å². The van der Waals surface area contributed by atoms with Crippen molar-refractivity contribution in [3.05, 3.63) is 77.6 Å². The van der Waals surface area contributed by atoms with E-state index in [1.807, 2.05) is 54.6 Å². The monoisotopic (exact) mass is 363 g/mol. The number of H-pyrrole nitrogens is 1. The van der Waals surface area contributed by atoms with Crippen LogP contribution in [-0.4, -0.2) is 33.2 Å². The van der Waals surface area contributed by atoms with E-state index >= 15 is 0 Å². The number of aromatic amines is 1. The molecule has 1 atom stereocenters. The van der Waals surface area contributed by atoms with E-state index in [9.17, 15) is 9.90 Å². The molecule has 2 aromatic carbocycles. The van der Waals surface area contributed by atoms with Crippen molar-refractivity contribution in [2.24, 2.45) is 0 Å². The summed E-state index contributed by atoms with van der Waals surface area (Å²) in [6, 6.07) is 17.4. The first-order chi connectivity index (χ1) is 13.1. The minimum absolute atomic E-state index is 0.0332.